The minimum Gasteiger partial charge on any atom is -0.381 e. The average molecular weight is 487 g/mol. The smallest absolute Gasteiger partial charge is 0.381 e. The fraction of sp³-hybridized carbons (Fsp3) is 0.667. The lowest BCUT2D eigenvalue weighted by Gasteiger charge is -2.29. The van der Waals surface area contributed by atoms with Crippen LogP contribution in [0.3, 0.4) is 0 Å². The zero-order valence-corrected chi connectivity index (χ0v) is 20.2. The molecule has 1 unspecified atom stereocenters. The van der Waals surface area contributed by atoms with E-state index in [0.717, 1.165) is 24.8 Å². The molecule has 0 spiro atoms. The average Bonchev–Trinajstić information content (AvgIpc) is 3.00. The highest BCUT2D eigenvalue weighted by Crippen LogP contribution is 2.41. The van der Waals surface area contributed by atoms with Gasteiger partial charge in [0.1, 0.15) is 6.04 Å². The van der Waals surface area contributed by atoms with Gasteiger partial charge in [-0.1, -0.05) is 39.3 Å². The van der Waals surface area contributed by atoms with Gasteiger partial charge in [0, 0.05) is 42.4 Å². The Labute approximate surface area is 193 Å². The van der Waals surface area contributed by atoms with Crippen molar-refractivity contribution in [3.63, 3.8) is 0 Å². The van der Waals surface area contributed by atoms with Gasteiger partial charge in [-0.05, 0) is 48.6 Å². The number of benzene rings is 1. The van der Waals surface area contributed by atoms with Crippen LogP contribution in [0.2, 0.25) is 0 Å². The zero-order valence-electron chi connectivity index (χ0n) is 19.4. The van der Waals surface area contributed by atoms with E-state index in [0.29, 0.717) is 49.4 Å². The summed E-state index contributed by atoms with van der Waals surface area (Å²) in [6.07, 6.45) is 0.0278. The van der Waals surface area contributed by atoms with Crippen molar-refractivity contribution >= 4 is 20.9 Å². The lowest BCUT2D eigenvalue weighted by molar-refractivity contribution is -0.152. The van der Waals surface area contributed by atoms with E-state index in [4.69, 9.17) is 4.74 Å². The van der Waals surface area contributed by atoms with Gasteiger partial charge in [0.2, 0.25) is 10.0 Å². The summed E-state index contributed by atoms with van der Waals surface area (Å²) in [6, 6.07) is 3.32. The molecular formula is C24H33F3N2O3S. The van der Waals surface area contributed by atoms with Crippen LogP contribution in [-0.2, 0) is 21.3 Å². The van der Waals surface area contributed by atoms with Gasteiger partial charge >= 0.3 is 6.18 Å². The number of fused-ring (bicyclic) bond motifs is 1. The van der Waals surface area contributed by atoms with Crippen molar-refractivity contribution in [2.45, 2.75) is 82.8 Å². The summed E-state index contributed by atoms with van der Waals surface area (Å²) in [5.41, 5.74) is 1.59. The third-order valence-corrected chi connectivity index (χ3v) is 8.60. The van der Waals surface area contributed by atoms with Gasteiger partial charge in [0.05, 0.1) is 5.25 Å². The Morgan fingerprint density at radius 3 is 2.33 bits per heavy atom. The van der Waals surface area contributed by atoms with Crippen LogP contribution < -0.4 is 4.72 Å². The summed E-state index contributed by atoms with van der Waals surface area (Å²) in [5.74, 6) is 0.306. The third kappa shape index (κ3) is 5.41. The Kier molecular flexibility index (Phi) is 6.61. The van der Waals surface area contributed by atoms with Crippen molar-refractivity contribution in [1.29, 1.82) is 0 Å². The van der Waals surface area contributed by atoms with Gasteiger partial charge in [-0.25, -0.2) is 8.42 Å². The molecule has 1 saturated heterocycles. The second kappa shape index (κ2) is 8.89. The molecule has 2 aliphatic rings. The van der Waals surface area contributed by atoms with E-state index in [1.165, 1.54) is 6.20 Å². The van der Waals surface area contributed by atoms with Crippen LogP contribution in [0.15, 0.2) is 24.4 Å². The highest BCUT2D eigenvalue weighted by Gasteiger charge is 2.46. The topological polar surface area (TPSA) is 60.3 Å². The molecule has 184 valence electrons. The van der Waals surface area contributed by atoms with Gasteiger partial charge in [-0.15, -0.1) is 0 Å². The fourth-order valence-corrected chi connectivity index (χ4v) is 6.48. The van der Waals surface area contributed by atoms with E-state index in [-0.39, 0.29) is 11.0 Å². The number of rotatable bonds is 6. The molecule has 0 bridgehead atoms. The van der Waals surface area contributed by atoms with Crippen molar-refractivity contribution < 1.29 is 26.3 Å². The first kappa shape index (κ1) is 24.5. The number of hydrogen-bond donors (Lipinski definition) is 1. The summed E-state index contributed by atoms with van der Waals surface area (Å²) < 4.78 is 77.3. The Morgan fingerprint density at radius 1 is 1.12 bits per heavy atom. The van der Waals surface area contributed by atoms with Gasteiger partial charge in [0.25, 0.3) is 0 Å². The fourth-order valence-electron chi connectivity index (χ4n) is 4.74. The van der Waals surface area contributed by atoms with Crippen LogP contribution in [0.4, 0.5) is 13.2 Å². The largest absolute Gasteiger partial charge is 0.408 e. The number of halogens is 3. The highest BCUT2D eigenvalue weighted by atomic mass is 32.2. The predicted octanol–water partition coefficient (Wildman–Crippen LogP) is 5.66. The van der Waals surface area contributed by atoms with E-state index < -0.39 is 27.5 Å². The first-order chi connectivity index (χ1) is 15.4. The summed E-state index contributed by atoms with van der Waals surface area (Å²) in [5, 5.41) is -0.306. The quantitative estimate of drug-likeness (QED) is 0.573. The molecule has 2 fully saturated rings. The van der Waals surface area contributed by atoms with E-state index >= 15 is 0 Å². The number of aromatic nitrogens is 1. The van der Waals surface area contributed by atoms with Crippen LogP contribution in [-0.4, -0.2) is 37.6 Å². The first-order valence-corrected chi connectivity index (χ1v) is 13.2. The van der Waals surface area contributed by atoms with Crippen LogP contribution in [0.25, 0.3) is 10.9 Å². The maximum absolute atomic E-state index is 14.2. The van der Waals surface area contributed by atoms with Gasteiger partial charge < -0.3 is 9.30 Å². The Bertz CT molecular complexity index is 1090. The predicted molar refractivity (Wildman–Crippen MR) is 123 cm³/mol. The lowest BCUT2D eigenvalue weighted by Crippen LogP contribution is -2.44. The van der Waals surface area contributed by atoms with Crippen LogP contribution in [0, 0.1) is 5.41 Å². The molecule has 33 heavy (non-hydrogen) atoms. The van der Waals surface area contributed by atoms with Crippen LogP contribution in [0.1, 0.15) is 76.0 Å². The minimum absolute atomic E-state index is 0.0387. The maximum atomic E-state index is 14.2. The Morgan fingerprint density at radius 2 is 1.79 bits per heavy atom. The number of hydrogen-bond acceptors (Lipinski definition) is 3. The number of nitrogens with zero attached hydrogens (tertiary/aromatic N) is 1. The summed E-state index contributed by atoms with van der Waals surface area (Å²) in [4.78, 5) is 0. The number of nitrogens with one attached hydrogen (secondary N) is 1. The minimum atomic E-state index is -4.75. The van der Waals surface area contributed by atoms with Crippen molar-refractivity contribution in [1.82, 2.24) is 9.29 Å². The van der Waals surface area contributed by atoms with Gasteiger partial charge in [0.15, 0.2) is 0 Å². The first-order valence-electron chi connectivity index (χ1n) is 11.6. The maximum Gasteiger partial charge on any atom is 0.408 e. The van der Waals surface area contributed by atoms with E-state index in [1.807, 2.05) is 42.2 Å². The lowest BCUT2D eigenvalue weighted by atomic mass is 9.90. The molecule has 2 aromatic rings. The molecule has 0 amide bonds. The van der Waals surface area contributed by atoms with Gasteiger partial charge in [-0.3, -0.25) is 0 Å². The second-order valence-corrected chi connectivity index (χ2v) is 12.6. The molecule has 1 aliphatic carbocycles. The zero-order chi connectivity index (χ0) is 24.0. The van der Waals surface area contributed by atoms with Crippen LogP contribution >= 0.6 is 0 Å². The Hall–Kier alpha value is -1.58. The standard InChI is InChI=1S/C24H33F3N2O3S/c1-23(2,3)15-29-14-20(22(24(25,26)27)28-33(30,31)18-5-4-6-18)19-8-7-17(13-21(19)29)16-9-11-32-12-10-16/h7-8,13-14,16,18,22,28H,4-6,9-12,15H2,1-3H3. The van der Waals surface area contributed by atoms with Crippen molar-refractivity contribution in [2.75, 3.05) is 13.2 Å². The van der Waals surface area contributed by atoms with E-state index in [2.05, 4.69) is 0 Å². The normalized spacial score (nSPS) is 20.2. The number of alkyl halides is 3. The summed E-state index contributed by atoms with van der Waals surface area (Å²) in [7, 11) is -4.07. The molecule has 9 heteroatoms. The van der Waals surface area contributed by atoms with Crippen molar-refractivity contribution in [3.8, 4) is 0 Å². The number of sulfonamides is 1. The molecular weight excluding hydrogens is 453 g/mol. The molecule has 1 N–H and O–H groups in total. The molecule has 0 radical (unpaired) electrons. The summed E-state index contributed by atoms with van der Waals surface area (Å²) >= 11 is 0. The monoisotopic (exact) mass is 486 g/mol. The molecule has 1 aromatic heterocycles. The third-order valence-electron chi connectivity index (χ3n) is 6.69. The highest BCUT2D eigenvalue weighted by molar-refractivity contribution is 7.90. The van der Waals surface area contributed by atoms with E-state index in [9.17, 15) is 21.6 Å². The van der Waals surface area contributed by atoms with E-state index in [1.54, 1.807) is 6.07 Å². The number of ether oxygens (including phenoxy) is 1. The SMILES string of the molecule is CC(C)(C)Cn1cc(C(NS(=O)(=O)C2CCC2)C(F)(F)F)c2ccc(C3CCOCC3)cc21. The molecule has 1 aliphatic heterocycles. The molecule has 1 atom stereocenters. The molecule has 4 rings (SSSR count). The Balaban J connectivity index is 1.80. The van der Waals surface area contributed by atoms with Crippen molar-refractivity contribution in [2.24, 2.45) is 5.41 Å². The molecule has 1 saturated carbocycles. The van der Waals surface area contributed by atoms with Crippen molar-refractivity contribution in [3.05, 3.63) is 35.5 Å². The molecule has 5 nitrogen and oxygen atoms in total. The molecule has 1 aromatic carbocycles. The molecule has 2 heterocycles. The van der Waals surface area contributed by atoms with Crippen LogP contribution in [0.5, 0.6) is 0 Å². The summed E-state index contributed by atoms with van der Waals surface area (Å²) in [6.45, 7) is 7.96. The van der Waals surface area contributed by atoms with Gasteiger partial charge in [-0.2, -0.15) is 17.9 Å². The second-order valence-electron chi connectivity index (χ2n) is 10.6.